The zero-order valence-electron chi connectivity index (χ0n) is 20.3. The lowest BCUT2D eigenvalue weighted by Gasteiger charge is -2.36. The number of carbonyl (C=O) groups is 2. The normalized spacial score (nSPS) is 15.2. The number of nitrogens with zero attached hydrogens (tertiary/aromatic N) is 2. The Labute approximate surface area is 202 Å². The third kappa shape index (κ3) is 5.91. The Balaban J connectivity index is 1.49. The van der Waals surface area contributed by atoms with Crippen LogP contribution in [-0.4, -0.2) is 43.9 Å². The van der Waals surface area contributed by atoms with Gasteiger partial charge in [-0.25, -0.2) is 0 Å². The number of carbonyl (C=O) groups excluding carboxylic acids is 2. The van der Waals surface area contributed by atoms with Crippen molar-refractivity contribution in [3.8, 4) is 11.1 Å². The van der Waals surface area contributed by atoms with E-state index in [1.165, 1.54) is 18.1 Å². The number of anilines is 2. The van der Waals surface area contributed by atoms with Gasteiger partial charge in [0.25, 0.3) is 0 Å². The highest BCUT2D eigenvalue weighted by Gasteiger charge is 2.29. The van der Waals surface area contributed by atoms with Gasteiger partial charge in [-0.1, -0.05) is 60.7 Å². The molecule has 3 aromatic rings. The molecular weight excluding hydrogens is 422 g/mol. The first-order valence-electron chi connectivity index (χ1n) is 11.9. The smallest absolute Gasteiger partial charge is 0.227 e. The van der Waals surface area contributed by atoms with Crippen LogP contribution in [0.15, 0.2) is 72.8 Å². The molecule has 1 unspecified atom stereocenters. The van der Waals surface area contributed by atoms with Crippen LogP contribution >= 0.6 is 0 Å². The van der Waals surface area contributed by atoms with Crippen molar-refractivity contribution in [1.29, 1.82) is 0 Å². The SMILES string of the molecule is CC(=O)Nc1ccc2c(c1)N(C(=O)CCc1ccc(-c3ccccc3)cc1)CC(CN(C)C)C2. The van der Waals surface area contributed by atoms with E-state index in [1.807, 2.05) is 41.3 Å². The van der Waals surface area contributed by atoms with Crippen molar-refractivity contribution < 1.29 is 9.59 Å². The molecule has 176 valence electrons. The third-order valence-corrected chi connectivity index (χ3v) is 6.26. The van der Waals surface area contributed by atoms with Crippen molar-refractivity contribution >= 4 is 23.2 Å². The summed E-state index contributed by atoms with van der Waals surface area (Å²) >= 11 is 0. The highest BCUT2D eigenvalue weighted by molar-refractivity contribution is 5.96. The predicted molar refractivity (Wildman–Crippen MR) is 139 cm³/mol. The number of hydrogen-bond donors (Lipinski definition) is 1. The molecule has 0 bridgehead atoms. The van der Waals surface area contributed by atoms with Gasteiger partial charge in [0.2, 0.25) is 11.8 Å². The quantitative estimate of drug-likeness (QED) is 0.545. The number of fused-ring (bicyclic) bond motifs is 1. The maximum atomic E-state index is 13.4. The Morgan fingerprint density at radius 1 is 0.971 bits per heavy atom. The summed E-state index contributed by atoms with van der Waals surface area (Å²) in [7, 11) is 4.14. The zero-order valence-corrected chi connectivity index (χ0v) is 20.3. The minimum Gasteiger partial charge on any atom is -0.326 e. The summed E-state index contributed by atoms with van der Waals surface area (Å²) in [5.41, 5.74) is 6.33. The number of hydrogen-bond acceptors (Lipinski definition) is 3. The maximum Gasteiger partial charge on any atom is 0.227 e. The van der Waals surface area contributed by atoms with Gasteiger partial charge >= 0.3 is 0 Å². The van der Waals surface area contributed by atoms with E-state index in [4.69, 9.17) is 0 Å². The first-order chi connectivity index (χ1) is 16.4. The van der Waals surface area contributed by atoms with E-state index >= 15 is 0 Å². The summed E-state index contributed by atoms with van der Waals surface area (Å²) in [6.45, 7) is 3.12. The van der Waals surface area contributed by atoms with Gasteiger partial charge in [0, 0.05) is 37.8 Å². The second-order valence-electron chi connectivity index (χ2n) is 9.42. The fourth-order valence-electron chi connectivity index (χ4n) is 4.76. The molecule has 4 rings (SSSR count). The van der Waals surface area contributed by atoms with Crippen molar-refractivity contribution in [1.82, 2.24) is 4.90 Å². The summed E-state index contributed by atoms with van der Waals surface area (Å²) in [6.07, 6.45) is 2.07. The Bertz CT molecular complexity index is 1140. The lowest BCUT2D eigenvalue weighted by atomic mass is 9.91. The van der Waals surface area contributed by atoms with Gasteiger partial charge in [-0.15, -0.1) is 0 Å². The van der Waals surface area contributed by atoms with E-state index in [2.05, 4.69) is 60.7 Å². The zero-order chi connectivity index (χ0) is 24.1. The molecular formula is C29H33N3O2. The third-order valence-electron chi connectivity index (χ3n) is 6.26. The van der Waals surface area contributed by atoms with E-state index in [0.717, 1.165) is 35.5 Å². The fraction of sp³-hybridized carbons (Fsp3) is 0.310. The maximum absolute atomic E-state index is 13.4. The largest absolute Gasteiger partial charge is 0.326 e. The van der Waals surface area contributed by atoms with E-state index in [0.29, 0.717) is 25.3 Å². The molecule has 1 aliphatic heterocycles. The average Bonchev–Trinajstić information content (AvgIpc) is 2.82. The van der Waals surface area contributed by atoms with Crippen LogP contribution in [0, 0.1) is 5.92 Å². The van der Waals surface area contributed by atoms with Crippen molar-refractivity contribution in [2.75, 3.05) is 37.4 Å². The lowest BCUT2D eigenvalue weighted by Crippen LogP contribution is -2.43. The second-order valence-corrected chi connectivity index (χ2v) is 9.42. The second kappa shape index (κ2) is 10.7. The van der Waals surface area contributed by atoms with Crippen molar-refractivity contribution in [3.05, 3.63) is 83.9 Å². The van der Waals surface area contributed by atoms with Crippen molar-refractivity contribution in [2.24, 2.45) is 5.92 Å². The Kier molecular flexibility index (Phi) is 7.43. The highest BCUT2D eigenvalue weighted by atomic mass is 16.2. The van der Waals surface area contributed by atoms with Gasteiger partial charge in [-0.05, 0) is 67.2 Å². The summed E-state index contributed by atoms with van der Waals surface area (Å²) < 4.78 is 0. The fourth-order valence-corrected chi connectivity index (χ4v) is 4.76. The van der Waals surface area contributed by atoms with Gasteiger partial charge in [0.1, 0.15) is 0 Å². The molecule has 0 radical (unpaired) electrons. The Morgan fingerprint density at radius 3 is 2.35 bits per heavy atom. The summed E-state index contributed by atoms with van der Waals surface area (Å²) in [5.74, 6) is 0.387. The summed E-state index contributed by atoms with van der Waals surface area (Å²) in [5, 5.41) is 2.85. The van der Waals surface area contributed by atoms with Crippen molar-refractivity contribution in [3.63, 3.8) is 0 Å². The summed E-state index contributed by atoms with van der Waals surface area (Å²) in [6, 6.07) is 24.7. The molecule has 1 aliphatic rings. The molecule has 0 aliphatic carbocycles. The molecule has 0 fully saturated rings. The molecule has 0 aromatic heterocycles. The molecule has 0 saturated carbocycles. The predicted octanol–water partition coefficient (Wildman–Crippen LogP) is 5.01. The van der Waals surface area contributed by atoms with Gasteiger partial charge < -0.3 is 15.1 Å². The van der Waals surface area contributed by atoms with Gasteiger partial charge in [0.05, 0.1) is 0 Å². The highest BCUT2D eigenvalue weighted by Crippen LogP contribution is 2.33. The molecule has 0 spiro atoms. The molecule has 3 aromatic carbocycles. The van der Waals surface area contributed by atoms with Crippen molar-refractivity contribution in [2.45, 2.75) is 26.2 Å². The Hall–Kier alpha value is -3.44. The van der Waals surface area contributed by atoms with Crippen LogP contribution in [-0.2, 0) is 22.4 Å². The molecule has 5 nitrogen and oxygen atoms in total. The van der Waals surface area contributed by atoms with Crippen LogP contribution < -0.4 is 10.2 Å². The number of amides is 2. The van der Waals surface area contributed by atoms with Crippen LogP contribution in [0.1, 0.15) is 24.5 Å². The average molecular weight is 456 g/mol. The topological polar surface area (TPSA) is 52.7 Å². The number of rotatable bonds is 7. The van der Waals surface area contributed by atoms with Crippen LogP contribution in [0.5, 0.6) is 0 Å². The Morgan fingerprint density at radius 2 is 1.68 bits per heavy atom. The van der Waals surface area contributed by atoms with E-state index < -0.39 is 0 Å². The van der Waals surface area contributed by atoms with Crippen LogP contribution in [0.2, 0.25) is 0 Å². The van der Waals surface area contributed by atoms with Gasteiger partial charge in [-0.3, -0.25) is 9.59 Å². The van der Waals surface area contributed by atoms with Crippen LogP contribution in [0.25, 0.3) is 11.1 Å². The molecule has 5 heteroatoms. The standard InChI is InChI=1S/C29H33N3O2/c1-21(33)30-27-15-14-26-17-23(19-31(2)3)20-32(28(26)18-27)29(34)16-11-22-9-12-25(13-10-22)24-7-5-4-6-8-24/h4-10,12-15,18,23H,11,16-17,19-20H2,1-3H3,(H,30,33). The monoisotopic (exact) mass is 455 g/mol. The number of nitrogens with one attached hydrogen (secondary N) is 1. The van der Waals surface area contributed by atoms with Gasteiger partial charge in [-0.2, -0.15) is 0 Å². The molecule has 0 saturated heterocycles. The van der Waals surface area contributed by atoms with Crippen LogP contribution in [0.4, 0.5) is 11.4 Å². The van der Waals surface area contributed by atoms with E-state index in [-0.39, 0.29) is 11.8 Å². The van der Waals surface area contributed by atoms with Crippen LogP contribution in [0.3, 0.4) is 0 Å². The molecule has 1 heterocycles. The van der Waals surface area contributed by atoms with E-state index in [1.54, 1.807) is 0 Å². The molecule has 2 amide bonds. The molecule has 1 atom stereocenters. The minimum atomic E-state index is -0.113. The number of benzene rings is 3. The number of aryl methyl sites for hydroxylation is 1. The van der Waals surface area contributed by atoms with Gasteiger partial charge in [0.15, 0.2) is 0 Å². The molecule has 34 heavy (non-hydrogen) atoms. The first kappa shape index (κ1) is 23.7. The molecule has 1 N–H and O–H groups in total. The lowest BCUT2D eigenvalue weighted by molar-refractivity contribution is -0.119. The first-order valence-corrected chi connectivity index (χ1v) is 11.9. The summed E-state index contributed by atoms with van der Waals surface area (Å²) in [4.78, 5) is 29.1. The minimum absolute atomic E-state index is 0.113. The van der Waals surface area contributed by atoms with E-state index in [9.17, 15) is 9.59 Å².